The fourth-order valence-corrected chi connectivity index (χ4v) is 3.88. The lowest BCUT2D eigenvalue weighted by molar-refractivity contribution is 0.261. The number of likely N-dealkylation sites (N-methyl/N-ethyl adjacent to an activating group) is 1. The van der Waals surface area contributed by atoms with Gasteiger partial charge in [0.15, 0.2) is 5.82 Å². The van der Waals surface area contributed by atoms with E-state index in [1.165, 1.54) is 0 Å². The summed E-state index contributed by atoms with van der Waals surface area (Å²) in [7, 11) is 3.71. The van der Waals surface area contributed by atoms with E-state index >= 15 is 0 Å². The number of phenolic OH excluding ortho intramolecular Hbond substituents is 1. The highest BCUT2D eigenvalue weighted by atomic mass is 16.5. The third kappa shape index (κ3) is 3.45. The molecule has 0 radical (unpaired) electrons. The molecule has 1 atom stereocenters. The maximum absolute atomic E-state index is 10.5. The van der Waals surface area contributed by atoms with Crippen molar-refractivity contribution in [1.29, 1.82) is 0 Å². The predicted octanol–water partition coefficient (Wildman–Crippen LogP) is 3.22. The minimum atomic E-state index is 0.104. The van der Waals surface area contributed by atoms with Crippen molar-refractivity contribution in [2.45, 2.75) is 25.8 Å². The number of ether oxygens (including phenoxy) is 1. The molecule has 0 bridgehead atoms. The highest BCUT2D eigenvalue weighted by Gasteiger charge is 2.21. The molecule has 7 heteroatoms. The maximum Gasteiger partial charge on any atom is 0.157 e. The number of rotatable bonds is 4. The van der Waals surface area contributed by atoms with E-state index in [0.717, 1.165) is 48.2 Å². The lowest BCUT2D eigenvalue weighted by Crippen LogP contribution is -2.40. The monoisotopic (exact) mass is 379 g/mol. The molecule has 1 aromatic carbocycles. The summed E-state index contributed by atoms with van der Waals surface area (Å²) < 4.78 is 5.19. The molecule has 3 aromatic rings. The number of fused-ring (bicyclic) bond motifs is 1. The van der Waals surface area contributed by atoms with Gasteiger partial charge < -0.3 is 20.1 Å². The van der Waals surface area contributed by atoms with Crippen LogP contribution < -0.4 is 10.1 Å². The van der Waals surface area contributed by atoms with Crippen LogP contribution in [0.4, 0.5) is 5.82 Å². The lowest BCUT2D eigenvalue weighted by Gasteiger charge is -2.30. The van der Waals surface area contributed by atoms with Crippen molar-refractivity contribution >= 4 is 16.6 Å². The van der Waals surface area contributed by atoms with Crippen LogP contribution in [0.2, 0.25) is 0 Å². The predicted molar refractivity (Wildman–Crippen MR) is 110 cm³/mol. The molecular weight excluding hydrogens is 354 g/mol. The number of phenols is 1. The normalized spacial score (nSPS) is 17.6. The van der Waals surface area contributed by atoms with Crippen LogP contribution in [0.5, 0.6) is 11.5 Å². The van der Waals surface area contributed by atoms with Gasteiger partial charge in [0.2, 0.25) is 0 Å². The number of piperidine rings is 1. The minimum absolute atomic E-state index is 0.104. The van der Waals surface area contributed by atoms with E-state index in [1.54, 1.807) is 31.5 Å². The zero-order valence-corrected chi connectivity index (χ0v) is 16.4. The summed E-state index contributed by atoms with van der Waals surface area (Å²) in [4.78, 5) is 6.77. The zero-order valence-electron chi connectivity index (χ0n) is 16.4. The molecule has 1 aliphatic heterocycles. The first-order valence-corrected chi connectivity index (χ1v) is 9.51. The Kier molecular flexibility index (Phi) is 5.00. The number of hydrogen-bond acceptors (Lipinski definition) is 7. The second-order valence-electron chi connectivity index (χ2n) is 7.34. The van der Waals surface area contributed by atoms with Gasteiger partial charge in [0.25, 0.3) is 0 Å². The first-order valence-electron chi connectivity index (χ1n) is 9.51. The Morgan fingerprint density at radius 3 is 2.86 bits per heavy atom. The van der Waals surface area contributed by atoms with E-state index in [1.807, 2.05) is 13.0 Å². The largest absolute Gasteiger partial charge is 0.507 e. The number of nitrogens with zero attached hydrogens (tertiary/aromatic N) is 4. The number of aromatic hydroxyl groups is 1. The van der Waals surface area contributed by atoms with Crippen LogP contribution in [0, 0.1) is 6.92 Å². The molecule has 146 valence electrons. The number of methoxy groups -OCH3 is 1. The summed E-state index contributed by atoms with van der Waals surface area (Å²) in [5, 5.41) is 24.9. The average Bonchev–Trinajstić information content (AvgIpc) is 2.69. The van der Waals surface area contributed by atoms with Crippen molar-refractivity contribution in [3.05, 3.63) is 36.2 Å². The Hall–Kier alpha value is -2.93. The van der Waals surface area contributed by atoms with Gasteiger partial charge in [-0.05, 0) is 51.6 Å². The van der Waals surface area contributed by atoms with Crippen molar-refractivity contribution in [1.82, 2.24) is 20.1 Å². The molecule has 2 N–H and O–H groups in total. The molecule has 4 rings (SSSR count). The molecular formula is C21H25N5O2. The fourth-order valence-electron chi connectivity index (χ4n) is 3.88. The van der Waals surface area contributed by atoms with Crippen LogP contribution in [-0.4, -0.2) is 58.5 Å². The van der Waals surface area contributed by atoms with E-state index in [9.17, 15) is 5.11 Å². The Bertz CT molecular complexity index is 1010. The number of anilines is 1. The molecule has 0 spiro atoms. The highest BCUT2D eigenvalue weighted by molar-refractivity contribution is 6.02. The van der Waals surface area contributed by atoms with Gasteiger partial charge in [-0.25, -0.2) is 0 Å². The van der Waals surface area contributed by atoms with Gasteiger partial charge in [0.05, 0.1) is 7.11 Å². The molecule has 0 saturated carbocycles. The van der Waals surface area contributed by atoms with Gasteiger partial charge in [0, 0.05) is 46.9 Å². The average molecular weight is 379 g/mol. The van der Waals surface area contributed by atoms with Crippen LogP contribution >= 0.6 is 0 Å². The number of hydrogen-bond donors (Lipinski definition) is 2. The van der Waals surface area contributed by atoms with E-state index < -0.39 is 0 Å². The summed E-state index contributed by atoms with van der Waals surface area (Å²) in [5.41, 5.74) is 2.08. The maximum atomic E-state index is 10.5. The van der Waals surface area contributed by atoms with Crippen LogP contribution in [0.3, 0.4) is 0 Å². The first kappa shape index (κ1) is 18.4. The lowest BCUT2D eigenvalue weighted by atomic mass is 10.0. The van der Waals surface area contributed by atoms with E-state index in [0.29, 0.717) is 23.0 Å². The summed E-state index contributed by atoms with van der Waals surface area (Å²) in [6.45, 7) is 4.06. The Balaban J connectivity index is 1.80. The van der Waals surface area contributed by atoms with E-state index in [4.69, 9.17) is 4.74 Å². The van der Waals surface area contributed by atoms with Crippen LogP contribution in [-0.2, 0) is 0 Å². The van der Waals surface area contributed by atoms with Gasteiger partial charge in [0.1, 0.15) is 17.2 Å². The number of aromatic nitrogens is 3. The molecule has 0 unspecified atom stereocenters. The van der Waals surface area contributed by atoms with Gasteiger partial charge in [-0.1, -0.05) is 0 Å². The second-order valence-corrected chi connectivity index (χ2v) is 7.34. The van der Waals surface area contributed by atoms with Crippen molar-refractivity contribution in [2.24, 2.45) is 0 Å². The van der Waals surface area contributed by atoms with Crippen LogP contribution in [0.15, 0.2) is 30.5 Å². The number of likely N-dealkylation sites (tertiary alicyclic amines) is 1. The van der Waals surface area contributed by atoms with Crippen LogP contribution in [0.25, 0.3) is 22.0 Å². The van der Waals surface area contributed by atoms with Crippen molar-refractivity contribution < 1.29 is 9.84 Å². The smallest absolute Gasteiger partial charge is 0.157 e. The molecule has 7 nitrogen and oxygen atoms in total. The highest BCUT2D eigenvalue weighted by Crippen LogP contribution is 2.37. The summed E-state index contributed by atoms with van der Waals surface area (Å²) in [6, 6.07) is 7.48. The van der Waals surface area contributed by atoms with Crippen molar-refractivity contribution in [3.63, 3.8) is 0 Å². The molecule has 1 saturated heterocycles. The van der Waals surface area contributed by atoms with Gasteiger partial charge in [-0.2, -0.15) is 0 Å². The van der Waals surface area contributed by atoms with E-state index in [2.05, 4.69) is 32.4 Å². The quantitative estimate of drug-likeness (QED) is 0.720. The van der Waals surface area contributed by atoms with Gasteiger partial charge in [-0.3, -0.25) is 4.98 Å². The number of pyridine rings is 1. The molecule has 28 heavy (non-hydrogen) atoms. The number of aryl methyl sites for hydroxylation is 1. The topological polar surface area (TPSA) is 83.4 Å². The molecule has 1 aliphatic rings. The molecule has 0 aliphatic carbocycles. The third-order valence-corrected chi connectivity index (χ3v) is 5.31. The summed E-state index contributed by atoms with van der Waals surface area (Å²) >= 11 is 0. The minimum Gasteiger partial charge on any atom is -0.507 e. The summed E-state index contributed by atoms with van der Waals surface area (Å²) in [5.74, 6) is 1.46. The molecule has 3 heterocycles. The van der Waals surface area contributed by atoms with Gasteiger partial charge in [-0.15, -0.1) is 10.2 Å². The zero-order chi connectivity index (χ0) is 19.7. The number of nitrogens with one attached hydrogen (secondary N) is 1. The Morgan fingerprint density at radius 2 is 2.11 bits per heavy atom. The molecule has 0 amide bonds. The second kappa shape index (κ2) is 7.59. The Morgan fingerprint density at radius 1 is 1.25 bits per heavy atom. The molecule has 2 aromatic heterocycles. The van der Waals surface area contributed by atoms with Gasteiger partial charge >= 0.3 is 0 Å². The summed E-state index contributed by atoms with van der Waals surface area (Å²) in [6.07, 6.45) is 4.06. The third-order valence-electron chi connectivity index (χ3n) is 5.31. The van der Waals surface area contributed by atoms with Crippen molar-refractivity contribution in [2.75, 3.05) is 32.6 Å². The standard InChI is InChI=1S/C21H25N5O2/c1-13-19-17(8-9-22-13)21(23-14-5-4-10-26(2)12-14)25-24-20(19)16-7-6-15(28-3)11-18(16)27/h6-9,11,14,27H,4-5,10,12H2,1-3H3,(H,23,25)/t14-/m1/s1. The number of benzene rings is 1. The molecule has 1 fully saturated rings. The van der Waals surface area contributed by atoms with Crippen molar-refractivity contribution in [3.8, 4) is 22.8 Å². The van der Waals surface area contributed by atoms with E-state index in [-0.39, 0.29) is 5.75 Å². The van der Waals surface area contributed by atoms with Crippen LogP contribution in [0.1, 0.15) is 18.5 Å². The first-order chi connectivity index (χ1) is 13.6. The fraction of sp³-hybridized carbons (Fsp3) is 0.381. The SMILES string of the molecule is COc1ccc(-c2nnc(N[C@@H]3CCCN(C)C3)c3ccnc(C)c23)c(O)c1. The Labute approximate surface area is 164 Å².